The van der Waals surface area contributed by atoms with E-state index in [1.807, 2.05) is 4.98 Å². The van der Waals surface area contributed by atoms with Crippen LogP contribution in [0.1, 0.15) is 0 Å². The van der Waals surface area contributed by atoms with Gasteiger partial charge in [-0.1, -0.05) is 12.2 Å². The predicted molar refractivity (Wildman–Crippen MR) is 31.5 cm³/mol. The molecule has 1 N–H and O–H groups in total. The molecule has 9 heavy (non-hydrogen) atoms. The molecule has 0 fully saturated rings. The van der Waals surface area contributed by atoms with E-state index >= 15 is 0 Å². The van der Waals surface area contributed by atoms with E-state index in [0.29, 0.717) is 0 Å². The summed E-state index contributed by atoms with van der Waals surface area (Å²) in [7, 11) is 0. The Morgan fingerprint density at radius 3 is 2.56 bits per heavy atom. The molecule has 0 radical (unpaired) electrons. The first-order valence-electron chi connectivity index (χ1n) is 2.24. The highest BCUT2D eigenvalue weighted by Crippen LogP contribution is 2.01. The van der Waals surface area contributed by atoms with Crippen molar-refractivity contribution < 1.29 is 8.78 Å². The molecule has 0 aromatic carbocycles. The summed E-state index contributed by atoms with van der Waals surface area (Å²) in [5, 5.41) is 0. The fourth-order valence-electron chi connectivity index (χ4n) is 0.435. The zero-order valence-electron chi connectivity index (χ0n) is 4.32. The van der Waals surface area contributed by atoms with Crippen molar-refractivity contribution in [1.29, 1.82) is 0 Å². The van der Waals surface area contributed by atoms with Gasteiger partial charge in [0.25, 0.3) is 0 Å². The Hall–Kier alpha value is -0.770. The van der Waals surface area contributed by atoms with Crippen molar-refractivity contribution in [2.45, 2.75) is 0 Å². The third-order valence-electron chi connectivity index (χ3n) is 0.854. The first-order chi connectivity index (χ1) is 4.22. The molecule has 4 heteroatoms. The Labute approximate surface area is 55.3 Å². The van der Waals surface area contributed by atoms with Crippen LogP contribution in [0.2, 0.25) is 0 Å². The van der Waals surface area contributed by atoms with Gasteiger partial charge in [-0.05, 0) is 6.07 Å². The zero-order chi connectivity index (χ0) is 6.85. The van der Waals surface area contributed by atoms with E-state index < -0.39 is 11.8 Å². The molecule has 1 aromatic heterocycles. The van der Waals surface area contributed by atoms with Crippen LogP contribution in [0.4, 0.5) is 8.78 Å². The lowest BCUT2D eigenvalue weighted by molar-refractivity contribution is 0.477. The fourth-order valence-corrected chi connectivity index (χ4v) is 0.593. The second-order valence-electron chi connectivity index (χ2n) is 1.47. The average Bonchev–Trinajstić information content (AvgIpc) is 1.83. The van der Waals surface area contributed by atoms with Gasteiger partial charge in [-0.25, -0.2) is 4.39 Å². The molecule has 48 valence electrons. The van der Waals surface area contributed by atoms with Crippen molar-refractivity contribution in [3.05, 3.63) is 28.5 Å². The number of rotatable bonds is 0. The lowest BCUT2D eigenvalue weighted by Gasteiger charge is -1.88. The van der Waals surface area contributed by atoms with Crippen LogP contribution >= 0.6 is 12.2 Å². The van der Waals surface area contributed by atoms with Crippen molar-refractivity contribution >= 4 is 12.2 Å². The molecule has 1 heterocycles. The normalized spacial score (nSPS) is 9.56. The van der Waals surface area contributed by atoms with Gasteiger partial charge in [0.05, 0.1) is 4.51 Å². The summed E-state index contributed by atoms with van der Waals surface area (Å²) in [6, 6.07) is 1.29. The zero-order valence-corrected chi connectivity index (χ0v) is 5.14. The van der Waals surface area contributed by atoms with Crippen LogP contribution in [-0.4, -0.2) is 4.98 Å². The van der Waals surface area contributed by atoms with Crippen molar-refractivity contribution in [3.63, 3.8) is 0 Å². The number of nitrogens with one attached hydrogen (secondary N) is 1. The van der Waals surface area contributed by atoms with Gasteiger partial charge in [-0.3, -0.25) is 0 Å². The van der Waals surface area contributed by atoms with Gasteiger partial charge < -0.3 is 4.98 Å². The van der Waals surface area contributed by atoms with Gasteiger partial charge in [0.2, 0.25) is 5.95 Å². The maximum atomic E-state index is 12.2. The third-order valence-corrected chi connectivity index (χ3v) is 1.17. The molecule has 0 spiro atoms. The van der Waals surface area contributed by atoms with Crippen LogP contribution in [-0.2, 0) is 0 Å². The number of halogens is 2. The van der Waals surface area contributed by atoms with Crippen LogP contribution < -0.4 is 0 Å². The lowest BCUT2D eigenvalue weighted by Crippen LogP contribution is -1.87. The molecule has 1 nitrogen and oxygen atoms in total. The van der Waals surface area contributed by atoms with Crippen molar-refractivity contribution in [2.24, 2.45) is 0 Å². The second kappa shape index (κ2) is 2.23. The summed E-state index contributed by atoms with van der Waals surface area (Å²) in [5.74, 6) is -2.00. The highest BCUT2D eigenvalue weighted by molar-refractivity contribution is 7.71. The number of H-pyrrole nitrogens is 1. The molecule has 1 rings (SSSR count). The molecule has 0 aliphatic rings. The minimum absolute atomic E-state index is 0.105. The van der Waals surface area contributed by atoms with Gasteiger partial charge in [-0.2, -0.15) is 4.39 Å². The Morgan fingerprint density at radius 1 is 1.44 bits per heavy atom. The predicted octanol–water partition coefficient (Wildman–Crippen LogP) is 2.02. The smallest absolute Gasteiger partial charge is 0.228 e. The van der Waals surface area contributed by atoms with Crippen molar-refractivity contribution in [3.8, 4) is 0 Å². The maximum absolute atomic E-state index is 12.2. The molecule has 0 unspecified atom stereocenters. The standard InChI is InChI=1S/C5H3F2NS/c6-4-3(9)1-2-8-5(4)7/h1-2H,(H,8,9). The van der Waals surface area contributed by atoms with Gasteiger partial charge in [0.1, 0.15) is 0 Å². The lowest BCUT2D eigenvalue weighted by atomic mass is 10.5. The molecular formula is C5H3F2NS. The fraction of sp³-hybridized carbons (Fsp3) is 0. The summed E-state index contributed by atoms with van der Waals surface area (Å²) >= 11 is 4.41. The number of hydrogen-bond acceptors (Lipinski definition) is 1. The first-order valence-corrected chi connectivity index (χ1v) is 2.65. The average molecular weight is 147 g/mol. The van der Waals surface area contributed by atoms with Crippen LogP contribution in [0.3, 0.4) is 0 Å². The number of aromatic amines is 1. The molecule has 0 saturated heterocycles. The Morgan fingerprint density at radius 2 is 2.11 bits per heavy atom. The SMILES string of the molecule is Fc1[nH]ccc(=S)c1F. The summed E-state index contributed by atoms with van der Waals surface area (Å²) in [6.07, 6.45) is 1.25. The van der Waals surface area contributed by atoms with Crippen molar-refractivity contribution in [2.75, 3.05) is 0 Å². The molecule has 1 aromatic rings. The van der Waals surface area contributed by atoms with Gasteiger partial charge >= 0.3 is 0 Å². The molecule has 0 saturated carbocycles. The summed E-state index contributed by atoms with van der Waals surface area (Å²) in [5.41, 5.74) is 0. The van der Waals surface area contributed by atoms with E-state index in [-0.39, 0.29) is 4.51 Å². The van der Waals surface area contributed by atoms with Crippen LogP contribution in [0.15, 0.2) is 12.3 Å². The molecular weight excluding hydrogens is 144 g/mol. The molecule has 0 bridgehead atoms. The Bertz CT molecular complexity index is 268. The maximum Gasteiger partial charge on any atom is 0.228 e. The second-order valence-corrected chi connectivity index (χ2v) is 1.91. The number of pyridine rings is 1. The van der Waals surface area contributed by atoms with E-state index in [9.17, 15) is 8.78 Å². The van der Waals surface area contributed by atoms with Gasteiger partial charge in [0, 0.05) is 6.20 Å². The van der Waals surface area contributed by atoms with E-state index in [0.717, 1.165) is 0 Å². The number of hydrogen-bond donors (Lipinski definition) is 1. The first kappa shape index (κ1) is 6.35. The summed E-state index contributed by atoms with van der Waals surface area (Å²) in [4.78, 5) is 2.03. The Balaban J connectivity index is 3.43. The number of aromatic nitrogens is 1. The van der Waals surface area contributed by atoms with E-state index in [4.69, 9.17) is 0 Å². The monoisotopic (exact) mass is 147 g/mol. The highest BCUT2D eigenvalue weighted by atomic mass is 32.1. The third kappa shape index (κ3) is 1.13. The molecule has 0 amide bonds. The Kier molecular flexibility index (Phi) is 1.57. The minimum atomic E-state index is -1.01. The van der Waals surface area contributed by atoms with E-state index in [1.54, 1.807) is 0 Å². The van der Waals surface area contributed by atoms with Gasteiger partial charge in [0.15, 0.2) is 5.82 Å². The van der Waals surface area contributed by atoms with E-state index in [1.165, 1.54) is 12.3 Å². The largest absolute Gasteiger partial charge is 0.336 e. The summed E-state index contributed by atoms with van der Waals surface area (Å²) in [6.45, 7) is 0. The molecule has 0 atom stereocenters. The van der Waals surface area contributed by atoms with Gasteiger partial charge in [-0.15, -0.1) is 0 Å². The van der Waals surface area contributed by atoms with Crippen LogP contribution in [0.5, 0.6) is 0 Å². The topological polar surface area (TPSA) is 15.8 Å². The van der Waals surface area contributed by atoms with Crippen LogP contribution in [0, 0.1) is 16.3 Å². The molecule has 0 aliphatic heterocycles. The van der Waals surface area contributed by atoms with E-state index in [2.05, 4.69) is 12.2 Å². The summed E-state index contributed by atoms with van der Waals surface area (Å²) < 4.78 is 24.2. The molecule has 0 aliphatic carbocycles. The highest BCUT2D eigenvalue weighted by Gasteiger charge is 1.99. The van der Waals surface area contributed by atoms with Crippen LogP contribution in [0.25, 0.3) is 0 Å². The quantitative estimate of drug-likeness (QED) is 0.438. The van der Waals surface area contributed by atoms with Crippen molar-refractivity contribution in [1.82, 2.24) is 4.98 Å². The minimum Gasteiger partial charge on any atom is -0.336 e.